The van der Waals surface area contributed by atoms with Gasteiger partial charge in [-0.1, -0.05) is 0 Å². The molecule has 0 aliphatic carbocycles. The molecule has 2 aromatic heterocycles. The molecular weight excluding hydrogens is 425 g/mol. The minimum atomic E-state index is -4.43. The van der Waals surface area contributed by atoms with E-state index in [1.165, 1.54) is 10.5 Å². The molecule has 11 heteroatoms. The van der Waals surface area contributed by atoms with Crippen LogP contribution in [-0.4, -0.2) is 48.9 Å². The van der Waals surface area contributed by atoms with Crippen LogP contribution in [0.5, 0.6) is 0 Å². The molecule has 1 atom stereocenters. The molecule has 0 N–H and O–H groups in total. The Balaban J connectivity index is 1.48. The average molecular weight is 447 g/mol. The van der Waals surface area contributed by atoms with Crippen LogP contribution in [0.2, 0.25) is 0 Å². The second-order valence-corrected chi connectivity index (χ2v) is 10.1. The van der Waals surface area contributed by atoms with Gasteiger partial charge < -0.3 is 4.90 Å². The Labute approximate surface area is 171 Å². The lowest BCUT2D eigenvalue weighted by molar-refractivity contribution is -0.140. The van der Waals surface area contributed by atoms with Crippen molar-refractivity contribution in [2.45, 2.75) is 42.7 Å². The van der Waals surface area contributed by atoms with Crippen molar-refractivity contribution in [3.8, 4) is 0 Å². The lowest BCUT2D eigenvalue weighted by atomic mass is 9.99. The molecule has 0 bridgehead atoms. The Kier molecular flexibility index (Phi) is 5.56. The van der Waals surface area contributed by atoms with E-state index in [2.05, 4.69) is 9.97 Å². The first-order valence-corrected chi connectivity index (χ1v) is 11.8. The van der Waals surface area contributed by atoms with Gasteiger partial charge in [0.05, 0.1) is 5.01 Å². The summed E-state index contributed by atoms with van der Waals surface area (Å²) in [4.78, 5) is 10.3. The van der Waals surface area contributed by atoms with E-state index in [-0.39, 0.29) is 10.8 Å². The minimum Gasteiger partial charge on any atom is -0.356 e. The molecule has 2 aliphatic heterocycles. The molecule has 2 aromatic rings. The van der Waals surface area contributed by atoms with Crippen molar-refractivity contribution in [1.29, 1.82) is 0 Å². The Morgan fingerprint density at radius 2 is 1.86 bits per heavy atom. The Bertz CT molecular complexity index is 954. The summed E-state index contributed by atoms with van der Waals surface area (Å²) in [6.07, 6.45) is 0.252. The first-order valence-electron chi connectivity index (χ1n) is 9.49. The second-order valence-electron chi connectivity index (χ2n) is 7.32. The van der Waals surface area contributed by atoms with Gasteiger partial charge in [0.15, 0.2) is 5.69 Å². The van der Waals surface area contributed by atoms with Gasteiger partial charge in [0.2, 0.25) is 10.0 Å². The standard InChI is InChI=1S/C18H21F3N4O2S2/c19-18(20,21)15-12-28-17(23-15)13-4-3-7-24(11-13)16-6-5-14(10-22-16)29(26,27)25-8-1-2-9-25/h5-6,10,12-13H,1-4,7-9,11H2. The predicted octanol–water partition coefficient (Wildman–Crippen LogP) is 3.73. The highest BCUT2D eigenvalue weighted by Crippen LogP contribution is 2.35. The van der Waals surface area contributed by atoms with Gasteiger partial charge >= 0.3 is 6.18 Å². The van der Waals surface area contributed by atoms with Crippen molar-refractivity contribution < 1.29 is 21.6 Å². The van der Waals surface area contributed by atoms with Crippen molar-refractivity contribution >= 4 is 27.2 Å². The van der Waals surface area contributed by atoms with E-state index in [1.54, 1.807) is 12.1 Å². The van der Waals surface area contributed by atoms with Crippen LogP contribution in [0.15, 0.2) is 28.6 Å². The fourth-order valence-corrected chi connectivity index (χ4v) is 6.20. The number of piperidine rings is 1. The van der Waals surface area contributed by atoms with E-state index < -0.39 is 21.9 Å². The van der Waals surface area contributed by atoms with E-state index in [0.29, 0.717) is 30.5 Å². The highest BCUT2D eigenvalue weighted by molar-refractivity contribution is 7.89. The van der Waals surface area contributed by atoms with Crippen LogP contribution in [-0.2, 0) is 16.2 Å². The van der Waals surface area contributed by atoms with Crippen LogP contribution < -0.4 is 4.90 Å². The van der Waals surface area contributed by atoms with E-state index in [0.717, 1.165) is 48.9 Å². The van der Waals surface area contributed by atoms with E-state index >= 15 is 0 Å². The number of nitrogens with zero attached hydrogens (tertiary/aromatic N) is 4. The van der Waals surface area contributed by atoms with Gasteiger partial charge in [-0.25, -0.2) is 18.4 Å². The van der Waals surface area contributed by atoms with Crippen molar-refractivity contribution in [1.82, 2.24) is 14.3 Å². The lowest BCUT2D eigenvalue weighted by Crippen LogP contribution is -2.35. The number of hydrogen-bond donors (Lipinski definition) is 0. The van der Waals surface area contributed by atoms with Gasteiger partial charge in [-0.2, -0.15) is 17.5 Å². The smallest absolute Gasteiger partial charge is 0.356 e. The zero-order chi connectivity index (χ0) is 20.6. The molecule has 158 valence electrons. The number of aromatic nitrogens is 2. The largest absolute Gasteiger partial charge is 0.434 e. The summed E-state index contributed by atoms with van der Waals surface area (Å²) in [5.41, 5.74) is -0.843. The van der Waals surface area contributed by atoms with Gasteiger partial charge in [-0.15, -0.1) is 11.3 Å². The van der Waals surface area contributed by atoms with E-state index in [1.807, 2.05) is 4.90 Å². The molecule has 0 radical (unpaired) electrons. The summed E-state index contributed by atoms with van der Waals surface area (Å²) < 4.78 is 65.2. The van der Waals surface area contributed by atoms with E-state index in [4.69, 9.17) is 0 Å². The number of thiazole rings is 1. The molecule has 4 heterocycles. The van der Waals surface area contributed by atoms with Gasteiger partial charge in [0.1, 0.15) is 10.7 Å². The number of alkyl halides is 3. The number of halogens is 3. The quantitative estimate of drug-likeness (QED) is 0.716. The Morgan fingerprint density at radius 1 is 1.10 bits per heavy atom. The third-order valence-electron chi connectivity index (χ3n) is 5.33. The number of hydrogen-bond acceptors (Lipinski definition) is 6. The maximum Gasteiger partial charge on any atom is 0.434 e. The molecule has 29 heavy (non-hydrogen) atoms. The summed E-state index contributed by atoms with van der Waals surface area (Å²) in [6.45, 7) is 2.30. The molecule has 6 nitrogen and oxygen atoms in total. The van der Waals surface area contributed by atoms with Crippen LogP contribution in [0.1, 0.15) is 42.3 Å². The van der Waals surface area contributed by atoms with Crippen LogP contribution in [0, 0.1) is 0 Å². The predicted molar refractivity (Wildman–Crippen MR) is 104 cm³/mol. The lowest BCUT2D eigenvalue weighted by Gasteiger charge is -2.32. The van der Waals surface area contributed by atoms with Crippen molar-refractivity contribution in [3.63, 3.8) is 0 Å². The van der Waals surface area contributed by atoms with Gasteiger partial charge in [-0.3, -0.25) is 0 Å². The first-order chi connectivity index (χ1) is 13.7. The Morgan fingerprint density at radius 3 is 2.48 bits per heavy atom. The highest BCUT2D eigenvalue weighted by Gasteiger charge is 2.35. The van der Waals surface area contributed by atoms with Crippen molar-refractivity contribution in [2.75, 3.05) is 31.1 Å². The second kappa shape index (κ2) is 7.84. The topological polar surface area (TPSA) is 66.4 Å². The average Bonchev–Trinajstić information content (AvgIpc) is 3.40. The normalized spacial score (nSPS) is 21.6. The summed E-state index contributed by atoms with van der Waals surface area (Å²) in [5, 5.41) is 1.54. The van der Waals surface area contributed by atoms with Crippen LogP contribution in [0.3, 0.4) is 0 Å². The molecule has 2 fully saturated rings. The van der Waals surface area contributed by atoms with E-state index in [9.17, 15) is 21.6 Å². The molecule has 0 spiro atoms. The number of sulfonamides is 1. The number of pyridine rings is 1. The molecule has 2 saturated heterocycles. The highest BCUT2D eigenvalue weighted by atomic mass is 32.2. The van der Waals surface area contributed by atoms with Crippen LogP contribution in [0.25, 0.3) is 0 Å². The van der Waals surface area contributed by atoms with Crippen molar-refractivity contribution in [2.24, 2.45) is 0 Å². The van der Waals surface area contributed by atoms with Crippen molar-refractivity contribution in [3.05, 3.63) is 34.4 Å². The third-order valence-corrected chi connectivity index (χ3v) is 8.22. The fourth-order valence-electron chi connectivity index (χ4n) is 3.78. The molecule has 1 unspecified atom stereocenters. The van der Waals surface area contributed by atoms with Gasteiger partial charge in [-0.05, 0) is 37.8 Å². The maximum absolute atomic E-state index is 12.8. The summed E-state index contributed by atoms with van der Waals surface area (Å²) in [7, 11) is -3.51. The minimum absolute atomic E-state index is 0.0975. The molecule has 2 aliphatic rings. The molecular formula is C18H21F3N4O2S2. The third kappa shape index (κ3) is 4.26. The summed E-state index contributed by atoms with van der Waals surface area (Å²) >= 11 is 1.04. The van der Waals surface area contributed by atoms with Crippen LogP contribution in [0.4, 0.5) is 19.0 Å². The first kappa shape index (κ1) is 20.5. The SMILES string of the molecule is O=S(=O)(c1ccc(N2CCCC(c3nc(C(F)(F)F)cs3)C2)nc1)N1CCCC1. The molecule has 0 saturated carbocycles. The number of anilines is 1. The molecule has 0 amide bonds. The van der Waals surface area contributed by atoms with Crippen LogP contribution >= 0.6 is 11.3 Å². The number of rotatable bonds is 4. The maximum atomic E-state index is 12.8. The summed E-state index contributed by atoms with van der Waals surface area (Å²) in [6, 6.07) is 3.24. The molecule has 0 aromatic carbocycles. The zero-order valence-electron chi connectivity index (χ0n) is 15.6. The van der Waals surface area contributed by atoms with Gasteiger partial charge in [0.25, 0.3) is 0 Å². The zero-order valence-corrected chi connectivity index (χ0v) is 17.2. The molecule has 4 rings (SSSR count). The Hall–Kier alpha value is -1.72. The monoisotopic (exact) mass is 446 g/mol. The van der Waals surface area contributed by atoms with Gasteiger partial charge in [0, 0.05) is 43.7 Å². The summed E-state index contributed by atoms with van der Waals surface area (Å²) in [5.74, 6) is 0.530. The fraction of sp³-hybridized carbons (Fsp3) is 0.556.